The molecule has 2 N–H and O–H groups in total. The van der Waals surface area contributed by atoms with Gasteiger partial charge in [0.05, 0.1) is 39.3 Å². The molecule has 0 unspecified atom stereocenters. The Morgan fingerprint density at radius 1 is 1.15 bits per heavy atom. The van der Waals surface area contributed by atoms with Crippen LogP contribution in [0.5, 0.6) is 0 Å². The van der Waals surface area contributed by atoms with E-state index in [4.69, 9.17) is 23.2 Å². The first kappa shape index (κ1) is 17.0. The Morgan fingerprint density at radius 2 is 1.93 bits per heavy atom. The van der Waals surface area contributed by atoms with Gasteiger partial charge in [-0.1, -0.05) is 23.2 Å². The highest BCUT2D eigenvalue weighted by Gasteiger charge is 2.62. The van der Waals surface area contributed by atoms with Gasteiger partial charge in [0.1, 0.15) is 0 Å². The summed E-state index contributed by atoms with van der Waals surface area (Å²) >= 11 is 12.1. The smallest absolute Gasteiger partial charge is 0.253 e. The van der Waals surface area contributed by atoms with Crippen molar-refractivity contribution in [2.24, 2.45) is 11.8 Å². The Kier molecular flexibility index (Phi) is 3.73. The summed E-state index contributed by atoms with van der Waals surface area (Å²) in [6.45, 7) is 0. The summed E-state index contributed by atoms with van der Waals surface area (Å²) in [5.41, 5.74) is 1.14. The summed E-state index contributed by atoms with van der Waals surface area (Å²) in [4.78, 5) is 20.5. The molecular formula is C19H16Cl2N4O2. The molecular weight excluding hydrogens is 387 g/mol. The zero-order chi connectivity index (χ0) is 18.8. The summed E-state index contributed by atoms with van der Waals surface area (Å²) in [6, 6.07) is 3.48. The maximum absolute atomic E-state index is 12.4. The standard InChI is InChI=1S/C19H16Cl2N4O2/c20-11-1-10(5-22-6-11)18(26)24-17-13-3-19(27,4-14(13)17)15-2-12(21)8-25-9-23-7-16(15)25/h1-2,5-9,13-14,17,27H,3-4H2,(H,24,26)/t13-,14+,17-,19+. The predicted octanol–water partition coefficient (Wildman–Crippen LogP) is 3.06. The average Bonchev–Trinajstić information content (AvgIpc) is 3.01. The highest BCUT2D eigenvalue weighted by atomic mass is 35.5. The molecule has 3 heterocycles. The quantitative estimate of drug-likeness (QED) is 0.705. The first-order valence-corrected chi connectivity index (χ1v) is 9.46. The zero-order valence-electron chi connectivity index (χ0n) is 14.1. The molecule has 2 aliphatic carbocycles. The summed E-state index contributed by atoms with van der Waals surface area (Å²) in [6.07, 6.45) is 9.33. The van der Waals surface area contributed by atoms with Crippen LogP contribution in [0.25, 0.3) is 5.52 Å². The number of amides is 1. The maximum atomic E-state index is 12.4. The number of carbonyl (C=O) groups excluding carboxylic acids is 1. The number of hydrogen-bond acceptors (Lipinski definition) is 4. The Balaban J connectivity index is 1.33. The van der Waals surface area contributed by atoms with Crippen LogP contribution in [0.1, 0.15) is 28.8 Å². The topological polar surface area (TPSA) is 79.5 Å². The van der Waals surface area contributed by atoms with E-state index in [0.717, 1.165) is 11.1 Å². The lowest BCUT2D eigenvalue weighted by Crippen LogP contribution is -2.33. The molecule has 0 aromatic carbocycles. The van der Waals surface area contributed by atoms with E-state index >= 15 is 0 Å². The molecule has 4 atom stereocenters. The fraction of sp³-hybridized carbons (Fsp3) is 0.316. The number of nitrogens with one attached hydrogen (secondary N) is 1. The number of hydrogen-bond donors (Lipinski definition) is 2. The van der Waals surface area contributed by atoms with E-state index in [1.807, 2.05) is 10.5 Å². The number of aromatic nitrogens is 3. The van der Waals surface area contributed by atoms with Crippen molar-refractivity contribution in [3.8, 4) is 0 Å². The SMILES string of the molecule is O=C(N[C@@H]1[C@@H]2C[C@@](O)(c3cc(Cl)cn4cncc34)C[C@@H]21)c1cncc(Cl)c1. The maximum Gasteiger partial charge on any atom is 0.253 e. The molecule has 3 aromatic rings. The van der Waals surface area contributed by atoms with E-state index in [-0.39, 0.29) is 23.8 Å². The Morgan fingerprint density at radius 3 is 2.67 bits per heavy atom. The minimum atomic E-state index is -0.958. The second kappa shape index (κ2) is 5.92. The van der Waals surface area contributed by atoms with Crippen LogP contribution in [0.3, 0.4) is 0 Å². The van der Waals surface area contributed by atoms with Gasteiger partial charge in [0.25, 0.3) is 5.91 Å². The molecule has 6 nitrogen and oxygen atoms in total. The molecule has 0 radical (unpaired) electrons. The molecule has 0 bridgehead atoms. The molecule has 1 amide bonds. The third kappa shape index (κ3) is 2.79. The minimum Gasteiger partial charge on any atom is -0.385 e. The van der Waals surface area contributed by atoms with Gasteiger partial charge in [-0.05, 0) is 36.8 Å². The number of rotatable bonds is 3. The van der Waals surface area contributed by atoms with Crippen molar-refractivity contribution >= 4 is 34.6 Å². The fourth-order valence-electron chi connectivity index (χ4n) is 4.44. The normalized spacial score (nSPS) is 28.9. The van der Waals surface area contributed by atoms with Crippen LogP contribution in [0.2, 0.25) is 10.0 Å². The number of halogens is 2. The molecule has 2 aliphatic rings. The van der Waals surface area contributed by atoms with E-state index in [0.29, 0.717) is 28.5 Å². The van der Waals surface area contributed by atoms with E-state index in [9.17, 15) is 9.90 Å². The van der Waals surface area contributed by atoms with E-state index in [1.165, 1.54) is 12.4 Å². The summed E-state index contributed by atoms with van der Waals surface area (Å²) in [7, 11) is 0. The Labute approximate surface area is 165 Å². The zero-order valence-corrected chi connectivity index (χ0v) is 15.7. The van der Waals surface area contributed by atoms with Crippen molar-refractivity contribution in [2.45, 2.75) is 24.5 Å². The number of aliphatic hydroxyl groups is 1. The van der Waals surface area contributed by atoms with Crippen LogP contribution < -0.4 is 5.32 Å². The molecule has 0 aliphatic heterocycles. The lowest BCUT2D eigenvalue weighted by atomic mass is 9.88. The van der Waals surface area contributed by atoms with Gasteiger partial charge in [0, 0.05) is 30.2 Å². The van der Waals surface area contributed by atoms with Crippen molar-refractivity contribution < 1.29 is 9.90 Å². The lowest BCUT2D eigenvalue weighted by molar-refractivity contribution is 0.0289. The molecule has 3 aromatic heterocycles. The number of carbonyl (C=O) groups is 1. The van der Waals surface area contributed by atoms with Crippen molar-refractivity contribution in [3.63, 3.8) is 0 Å². The van der Waals surface area contributed by atoms with Crippen molar-refractivity contribution in [2.75, 3.05) is 0 Å². The average molecular weight is 403 g/mol. The summed E-state index contributed by atoms with van der Waals surface area (Å²) in [5.74, 6) is 0.301. The van der Waals surface area contributed by atoms with E-state index in [2.05, 4.69) is 15.3 Å². The second-order valence-corrected chi connectivity index (χ2v) is 8.29. The Hall–Kier alpha value is -2.15. The van der Waals surface area contributed by atoms with Gasteiger partial charge in [-0.2, -0.15) is 0 Å². The van der Waals surface area contributed by atoms with Crippen molar-refractivity contribution in [3.05, 3.63) is 64.4 Å². The third-order valence-electron chi connectivity index (χ3n) is 5.73. The van der Waals surface area contributed by atoms with Crippen LogP contribution in [0.4, 0.5) is 0 Å². The monoisotopic (exact) mass is 402 g/mol. The van der Waals surface area contributed by atoms with Gasteiger partial charge in [-0.15, -0.1) is 0 Å². The Bertz CT molecular complexity index is 1050. The van der Waals surface area contributed by atoms with Gasteiger partial charge < -0.3 is 14.8 Å². The molecule has 0 spiro atoms. The van der Waals surface area contributed by atoms with Crippen molar-refractivity contribution in [1.29, 1.82) is 0 Å². The van der Waals surface area contributed by atoms with Gasteiger partial charge in [-0.3, -0.25) is 9.78 Å². The van der Waals surface area contributed by atoms with Crippen LogP contribution in [0.15, 0.2) is 43.2 Å². The molecule has 0 saturated heterocycles. The van der Waals surface area contributed by atoms with Gasteiger partial charge in [0.2, 0.25) is 0 Å². The lowest BCUT2D eigenvalue weighted by Gasteiger charge is -2.27. The predicted molar refractivity (Wildman–Crippen MR) is 101 cm³/mol. The third-order valence-corrected chi connectivity index (χ3v) is 6.14. The van der Waals surface area contributed by atoms with Crippen molar-refractivity contribution in [1.82, 2.24) is 19.7 Å². The first-order valence-electron chi connectivity index (χ1n) is 8.70. The molecule has 8 heteroatoms. The van der Waals surface area contributed by atoms with Gasteiger partial charge in [0.15, 0.2) is 0 Å². The molecule has 2 fully saturated rings. The second-order valence-electron chi connectivity index (χ2n) is 7.42. The van der Waals surface area contributed by atoms with Crippen LogP contribution in [0, 0.1) is 11.8 Å². The summed E-state index contributed by atoms with van der Waals surface area (Å²) in [5, 5.41) is 15.3. The molecule has 2 saturated carbocycles. The van der Waals surface area contributed by atoms with Crippen LogP contribution in [-0.2, 0) is 5.60 Å². The number of fused-ring (bicyclic) bond motifs is 2. The minimum absolute atomic E-state index is 0.0665. The van der Waals surface area contributed by atoms with E-state index < -0.39 is 5.60 Å². The van der Waals surface area contributed by atoms with Gasteiger partial charge in [-0.25, -0.2) is 4.98 Å². The highest BCUT2D eigenvalue weighted by molar-refractivity contribution is 6.31. The number of imidazole rings is 1. The van der Waals surface area contributed by atoms with Crippen LogP contribution in [-0.4, -0.2) is 31.4 Å². The van der Waals surface area contributed by atoms with Crippen LogP contribution >= 0.6 is 23.2 Å². The molecule has 27 heavy (non-hydrogen) atoms. The highest BCUT2D eigenvalue weighted by Crippen LogP contribution is 2.60. The fourth-order valence-corrected chi connectivity index (χ4v) is 4.83. The van der Waals surface area contributed by atoms with Gasteiger partial charge >= 0.3 is 0 Å². The first-order chi connectivity index (χ1) is 12.9. The van der Waals surface area contributed by atoms with E-state index in [1.54, 1.807) is 24.8 Å². The molecule has 5 rings (SSSR count). The number of nitrogens with zero attached hydrogens (tertiary/aromatic N) is 3. The number of pyridine rings is 2. The molecule has 138 valence electrons. The summed E-state index contributed by atoms with van der Waals surface area (Å²) < 4.78 is 1.82. The largest absolute Gasteiger partial charge is 0.385 e.